The molecule has 2 aromatic rings. The number of rotatable bonds is 5. The monoisotopic (exact) mass is 303 g/mol. The Bertz CT molecular complexity index is 625. The summed E-state index contributed by atoms with van der Waals surface area (Å²) < 4.78 is 0. The van der Waals surface area contributed by atoms with E-state index in [-0.39, 0.29) is 23.6 Å². The average molecular weight is 303 g/mol. The Hall–Kier alpha value is -2.21. The van der Waals surface area contributed by atoms with Gasteiger partial charge in [0, 0.05) is 11.9 Å². The molecule has 5 nitrogen and oxygen atoms in total. The molecular weight excluding hydrogens is 286 g/mol. The van der Waals surface area contributed by atoms with E-state index in [1.165, 1.54) is 0 Å². The molecule has 0 radical (unpaired) electrons. The average Bonchev–Trinajstić information content (AvgIpc) is 2.98. The number of hydrogen-bond acceptors (Lipinski definition) is 4. The number of thiazole rings is 1. The molecule has 0 aliphatic rings. The largest absolute Gasteiger partial charge is 0.350 e. The Morgan fingerprint density at radius 3 is 2.62 bits per heavy atom. The summed E-state index contributed by atoms with van der Waals surface area (Å²) in [5, 5.41) is 7.42. The van der Waals surface area contributed by atoms with Crippen molar-refractivity contribution in [3.63, 3.8) is 0 Å². The summed E-state index contributed by atoms with van der Waals surface area (Å²) in [7, 11) is 0. The highest BCUT2D eigenvalue weighted by molar-refractivity contribution is 7.11. The third-order valence-corrected chi connectivity index (χ3v) is 3.76. The number of nitrogens with one attached hydrogen (secondary N) is 2. The van der Waals surface area contributed by atoms with E-state index in [4.69, 9.17) is 0 Å². The molecule has 0 saturated heterocycles. The van der Waals surface area contributed by atoms with E-state index in [1.807, 2.05) is 44.2 Å². The highest BCUT2D eigenvalue weighted by Crippen LogP contribution is 2.14. The van der Waals surface area contributed by atoms with Crippen LogP contribution in [0.3, 0.4) is 0 Å². The fourth-order valence-corrected chi connectivity index (χ4v) is 2.53. The Labute approximate surface area is 127 Å². The van der Waals surface area contributed by atoms with Crippen LogP contribution in [0, 0.1) is 0 Å². The third-order valence-electron chi connectivity index (χ3n) is 2.92. The Morgan fingerprint density at radius 2 is 1.95 bits per heavy atom. The van der Waals surface area contributed by atoms with E-state index in [1.54, 1.807) is 5.38 Å². The third kappa shape index (κ3) is 3.88. The van der Waals surface area contributed by atoms with Crippen molar-refractivity contribution in [1.29, 1.82) is 0 Å². The van der Waals surface area contributed by atoms with Crippen molar-refractivity contribution >= 4 is 23.2 Å². The Morgan fingerprint density at radius 1 is 1.24 bits per heavy atom. The summed E-state index contributed by atoms with van der Waals surface area (Å²) in [6, 6.07) is 9.56. The van der Waals surface area contributed by atoms with Gasteiger partial charge in [-0.3, -0.25) is 9.59 Å². The van der Waals surface area contributed by atoms with E-state index in [0.717, 1.165) is 16.9 Å². The number of carbonyl (C=O) groups is 2. The minimum atomic E-state index is -0.279. The van der Waals surface area contributed by atoms with Crippen molar-refractivity contribution in [2.45, 2.75) is 19.9 Å². The highest BCUT2D eigenvalue weighted by atomic mass is 32.1. The fourth-order valence-electron chi connectivity index (χ4n) is 1.81. The summed E-state index contributed by atoms with van der Waals surface area (Å²) in [5.41, 5.74) is 1.29. The van der Waals surface area contributed by atoms with Gasteiger partial charge >= 0.3 is 0 Å². The standard InChI is InChI=1S/C15H17N3O2S/c1-3-16-14(20)15-18-12(9-21-15)13(19)17-10(2)11-7-5-4-6-8-11/h4-10H,3H2,1-2H3,(H,16,20)(H,17,19)/t10-/m1/s1. The molecular formula is C15H17N3O2S. The van der Waals surface area contributed by atoms with Gasteiger partial charge in [-0.1, -0.05) is 30.3 Å². The van der Waals surface area contributed by atoms with Gasteiger partial charge in [0.25, 0.3) is 11.8 Å². The maximum atomic E-state index is 12.1. The summed E-state index contributed by atoms with van der Waals surface area (Å²) in [6.45, 7) is 4.27. The van der Waals surface area contributed by atoms with Crippen LogP contribution in [0.1, 0.15) is 45.7 Å². The molecule has 0 saturated carbocycles. The van der Waals surface area contributed by atoms with Gasteiger partial charge < -0.3 is 10.6 Å². The van der Waals surface area contributed by atoms with Gasteiger partial charge in [-0.05, 0) is 19.4 Å². The minimum absolute atomic E-state index is 0.117. The zero-order chi connectivity index (χ0) is 15.2. The van der Waals surface area contributed by atoms with Crippen LogP contribution in [-0.2, 0) is 0 Å². The maximum absolute atomic E-state index is 12.1. The minimum Gasteiger partial charge on any atom is -0.350 e. The van der Waals surface area contributed by atoms with Crippen LogP contribution in [0.25, 0.3) is 0 Å². The molecule has 2 amide bonds. The first-order chi connectivity index (χ1) is 10.1. The van der Waals surface area contributed by atoms with Gasteiger partial charge in [0.1, 0.15) is 5.69 Å². The van der Waals surface area contributed by atoms with E-state index in [2.05, 4.69) is 15.6 Å². The molecule has 110 valence electrons. The van der Waals surface area contributed by atoms with Crippen molar-refractivity contribution in [2.75, 3.05) is 6.54 Å². The second kappa shape index (κ2) is 6.99. The van der Waals surface area contributed by atoms with Gasteiger partial charge in [0.2, 0.25) is 0 Å². The maximum Gasteiger partial charge on any atom is 0.280 e. The van der Waals surface area contributed by atoms with Gasteiger partial charge in [0.15, 0.2) is 5.01 Å². The lowest BCUT2D eigenvalue weighted by Gasteiger charge is -2.13. The first kappa shape index (κ1) is 15.2. The molecule has 0 unspecified atom stereocenters. The predicted octanol–water partition coefficient (Wildman–Crippen LogP) is 2.38. The van der Waals surface area contributed by atoms with Crippen molar-refractivity contribution < 1.29 is 9.59 Å². The van der Waals surface area contributed by atoms with Crippen LogP contribution >= 0.6 is 11.3 Å². The molecule has 0 spiro atoms. The molecule has 1 aromatic heterocycles. The van der Waals surface area contributed by atoms with Crippen LogP contribution in [0.2, 0.25) is 0 Å². The SMILES string of the molecule is CCNC(=O)c1nc(C(=O)N[C@H](C)c2ccccc2)cs1. The molecule has 0 aliphatic carbocycles. The van der Waals surface area contributed by atoms with Crippen molar-refractivity contribution in [1.82, 2.24) is 15.6 Å². The predicted molar refractivity (Wildman–Crippen MR) is 82.4 cm³/mol. The molecule has 0 bridgehead atoms. The number of amides is 2. The molecule has 2 N–H and O–H groups in total. The van der Waals surface area contributed by atoms with E-state index in [0.29, 0.717) is 11.6 Å². The summed E-state index contributed by atoms with van der Waals surface area (Å²) in [5.74, 6) is -0.532. The van der Waals surface area contributed by atoms with Gasteiger partial charge in [-0.25, -0.2) is 4.98 Å². The Balaban J connectivity index is 2.02. The van der Waals surface area contributed by atoms with Crippen LogP contribution in [0.5, 0.6) is 0 Å². The van der Waals surface area contributed by atoms with Crippen LogP contribution < -0.4 is 10.6 Å². The fraction of sp³-hybridized carbons (Fsp3) is 0.267. The number of carbonyl (C=O) groups excluding carboxylic acids is 2. The quantitative estimate of drug-likeness (QED) is 0.891. The van der Waals surface area contributed by atoms with Gasteiger partial charge in [-0.2, -0.15) is 0 Å². The lowest BCUT2D eigenvalue weighted by Crippen LogP contribution is -2.27. The first-order valence-electron chi connectivity index (χ1n) is 6.71. The van der Waals surface area contributed by atoms with E-state index < -0.39 is 0 Å². The zero-order valence-corrected chi connectivity index (χ0v) is 12.7. The van der Waals surface area contributed by atoms with Gasteiger partial charge in [-0.15, -0.1) is 11.3 Å². The van der Waals surface area contributed by atoms with Crippen molar-refractivity contribution in [3.8, 4) is 0 Å². The lowest BCUT2D eigenvalue weighted by atomic mass is 10.1. The molecule has 1 heterocycles. The number of hydrogen-bond donors (Lipinski definition) is 2. The Kier molecular flexibility index (Phi) is 5.05. The van der Waals surface area contributed by atoms with Crippen LogP contribution in [-0.4, -0.2) is 23.3 Å². The smallest absolute Gasteiger partial charge is 0.280 e. The molecule has 1 atom stereocenters. The van der Waals surface area contributed by atoms with Crippen LogP contribution in [0.15, 0.2) is 35.7 Å². The molecule has 0 fully saturated rings. The summed E-state index contributed by atoms with van der Waals surface area (Å²) in [4.78, 5) is 27.8. The second-order valence-corrected chi connectivity index (χ2v) is 5.36. The van der Waals surface area contributed by atoms with E-state index >= 15 is 0 Å². The normalized spacial score (nSPS) is 11.7. The summed E-state index contributed by atoms with van der Waals surface area (Å²) >= 11 is 1.16. The summed E-state index contributed by atoms with van der Waals surface area (Å²) in [6.07, 6.45) is 0. The molecule has 6 heteroatoms. The topological polar surface area (TPSA) is 71.1 Å². The number of nitrogens with zero attached hydrogens (tertiary/aromatic N) is 1. The van der Waals surface area contributed by atoms with Crippen molar-refractivity contribution in [2.24, 2.45) is 0 Å². The molecule has 1 aromatic carbocycles. The van der Waals surface area contributed by atoms with Crippen molar-refractivity contribution in [3.05, 3.63) is 52.0 Å². The molecule has 0 aliphatic heterocycles. The van der Waals surface area contributed by atoms with Crippen LogP contribution in [0.4, 0.5) is 0 Å². The van der Waals surface area contributed by atoms with Gasteiger partial charge in [0.05, 0.1) is 6.04 Å². The molecule has 21 heavy (non-hydrogen) atoms. The second-order valence-electron chi connectivity index (χ2n) is 4.50. The lowest BCUT2D eigenvalue weighted by molar-refractivity contribution is 0.0935. The highest BCUT2D eigenvalue weighted by Gasteiger charge is 2.17. The zero-order valence-electron chi connectivity index (χ0n) is 11.9. The first-order valence-corrected chi connectivity index (χ1v) is 7.59. The molecule has 2 rings (SSSR count). The number of benzene rings is 1. The van der Waals surface area contributed by atoms with E-state index in [9.17, 15) is 9.59 Å². The number of aromatic nitrogens is 1.